The van der Waals surface area contributed by atoms with Crippen LogP contribution in [0.4, 0.5) is 0 Å². The Bertz CT molecular complexity index is 1130. The maximum Gasteiger partial charge on any atom is 0.306 e. The molecule has 0 saturated heterocycles. The smallest absolute Gasteiger partial charge is 0.306 e. The minimum Gasteiger partial charge on any atom is -0.462 e. The molecular weight excluding hydrogens is 769 g/mol. The van der Waals surface area contributed by atoms with Gasteiger partial charge in [-0.25, -0.2) is 0 Å². The van der Waals surface area contributed by atoms with E-state index in [-0.39, 0.29) is 31.1 Å². The highest BCUT2D eigenvalue weighted by Crippen LogP contribution is 2.15. The average Bonchev–Trinajstić information content (AvgIpc) is 3.27. The van der Waals surface area contributed by atoms with E-state index in [1.54, 1.807) is 0 Å². The largest absolute Gasteiger partial charge is 0.462 e. The van der Waals surface area contributed by atoms with E-state index >= 15 is 0 Å². The third kappa shape index (κ3) is 48.1. The number of carbonyl (C=O) groups excluding carboxylic acids is 3. The summed E-state index contributed by atoms with van der Waals surface area (Å²) in [5, 5.41) is 0. The normalized spacial score (nSPS) is 12.5. The molecule has 0 rings (SSSR count). The molecule has 358 valence electrons. The van der Waals surface area contributed by atoms with Crippen LogP contribution < -0.4 is 0 Å². The molecule has 0 N–H and O–H groups in total. The SMILES string of the molecule is CC/C=C\C/C=C\C/C=C\C/C=C\CCCCC(=O)OC[C@H](COC(=O)CCCCCCCCCCCCCC)OC(=O)CCCCCCCCC/C=C\CCCCCCCC. The molecule has 62 heavy (non-hydrogen) atoms. The zero-order valence-corrected chi connectivity index (χ0v) is 40.9. The van der Waals surface area contributed by atoms with E-state index in [0.717, 1.165) is 83.5 Å². The van der Waals surface area contributed by atoms with Crippen LogP contribution in [0.1, 0.15) is 258 Å². The highest BCUT2D eigenvalue weighted by Gasteiger charge is 2.19. The second-order valence-corrected chi connectivity index (χ2v) is 17.4. The van der Waals surface area contributed by atoms with Gasteiger partial charge < -0.3 is 14.2 Å². The zero-order chi connectivity index (χ0) is 45.1. The zero-order valence-electron chi connectivity index (χ0n) is 40.9. The van der Waals surface area contributed by atoms with Crippen LogP contribution in [0.3, 0.4) is 0 Å². The lowest BCUT2D eigenvalue weighted by Gasteiger charge is -2.18. The van der Waals surface area contributed by atoms with Crippen LogP contribution in [0.2, 0.25) is 0 Å². The van der Waals surface area contributed by atoms with Gasteiger partial charge in [0.2, 0.25) is 0 Å². The molecule has 0 aromatic heterocycles. The van der Waals surface area contributed by atoms with Crippen molar-refractivity contribution in [1.29, 1.82) is 0 Å². The lowest BCUT2D eigenvalue weighted by atomic mass is 10.0. The molecule has 6 heteroatoms. The first-order valence-corrected chi connectivity index (χ1v) is 26.3. The standard InChI is InChI=1S/C56H98O6/c1-4-7-10-13-16-19-22-25-27-28-30-32-35-38-41-44-47-50-56(59)62-53(51-60-54(57)48-45-42-39-36-33-24-21-18-15-12-9-6-3)52-61-55(58)49-46-43-40-37-34-31-29-26-23-20-17-14-11-8-5-2/h8,11,17,20,25-27,29,34,37,53H,4-7,9-10,12-16,18-19,21-24,28,30-33,35-36,38-52H2,1-3H3/b11-8-,20-17-,27-25-,29-26-,37-34-/t53-/m0/s1. The summed E-state index contributed by atoms with van der Waals surface area (Å²) in [6, 6.07) is 0. The number of allylic oxidation sites excluding steroid dienone is 10. The quantitative estimate of drug-likeness (QED) is 0.0262. The fraction of sp³-hybridized carbons (Fsp3) is 0.768. The topological polar surface area (TPSA) is 78.9 Å². The van der Waals surface area contributed by atoms with Gasteiger partial charge in [-0.3, -0.25) is 14.4 Å². The van der Waals surface area contributed by atoms with Gasteiger partial charge in [0.15, 0.2) is 6.10 Å². The van der Waals surface area contributed by atoms with Crippen molar-refractivity contribution in [3.05, 3.63) is 60.8 Å². The van der Waals surface area contributed by atoms with E-state index in [4.69, 9.17) is 14.2 Å². The lowest BCUT2D eigenvalue weighted by Crippen LogP contribution is -2.30. The first kappa shape index (κ1) is 59.1. The van der Waals surface area contributed by atoms with Gasteiger partial charge in [0.1, 0.15) is 13.2 Å². The molecule has 1 atom stereocenters. The monoisotopic (exact) mass is 867 g/mol. The molecule has 0 aromatic carbocycles. The Morgan fingerprint density at radius 1 is 0.339 bits per heavy atom. The molecule has 0 aliphatic carbocycles. The maximum absolute atomic E-state index is 12.8. The van der Waals surface area contributed by atoms with Crippen molar-refractivity contribution in [2.75, 3.05) is 13.2 Å². The molecule has 0 spiro atoms. The van der Waals surface area contributed by atoms with Crippen LogP contribution >= 0.6 is 0 Å². The summed E-state index contributed by atoms with van der Waals surface area (Å²) in [6.07, 6.45) is 62.0. The van der Waals surface area contributed by atoms with Crippen LogP contribution in [0.5, 0.6) is 0 Å². The molecular formula is C56H98O6. The van der Waals surface area contributed by atoms with Gasteiger partial charge in [-0.1, -0.05) is 216 Å². The Hall–Kier alpha value is -2.89. The molecule has 0 aliphatic heterocycles. The predicted octanol–water partition coefficient (Wildman–Crippen LogP) is 17.3. The van der Waals surface area contributed by atoms with Crippen molar-refractivity contribution >= 4 is 17.9 Å². The van der Waals surface area contributed by atoms with Gasteiger partial charge >= 0.3 is 17.9 Å². The van der Waals surface area contributed by atoms with E-state index in [1.165, 1.54) is 135 Å². The van der Waals surface area contributed by atoms with Gasteiger partial charge in [0, 0.05) is 19.3 Å². The predicted molar refractivity (Wildman–Crippen MR) is 265 cm³/mol. The van der Waals surface area contributed by atoms with Gasteiger partial charge in [-0.15, -0.1) is 0 Å². The first-order chi connectivity index (χ1) is 30.5. The molecule has 0 aliphatic rings. The van der Waals surface area contributed by atoms with Crippen LogP contribution in [0.15, 0.2) is 60.8 Å². The number of esters is 3. The molecule has 0 radical (unpaired) electrons. The Morgan fingerprint density at radius 2 is 0.629 bits per heavy atom. The number of unbranched alkanes of at least 4 members (excludes halogenated alkanes) is 26. The van der Waals surface area contributed by atoms with E-state index in [0.29, 0.717) is 19.3 Å². The molecule has 0 fully saturated rings. The molecule has 0 aromatic rings. The first-order valence-electron chi connectivity index (χ1n) is 26.3. The summed E-state index contributed by atoms with van der Waals surface area (Å²) in [5.41, 5.74) is 0. The number of carbonyl (C=O) groups is 3. The Morgan fingerprint density at radius 3 is 1.03 bits per heavy atom. The molecule has 0 bridgehead atoms. The van der Waals surface area contributed by atoms with E-state index in [9.17, 15) is 14.4 Å². The number of ether oxygens (including phenoxy) is 3. The van der Waals surface area contributed by atoms with Crippen LogP contribution in [-0.2, 0) is 28.6 Å². The fourth-order valence-electron chi connectivity index (χ4n) is 7.31. The van der Waals surface area contributed by atoms with Crippen LogP contribution in [0, 0.1) is 0 Å². The van der Waals surface area contributed by atoms with Crippen molar-refractivity contribution in [3.8, 4) is 0 Å². The summed E-state index contributed by atoms with van der Waals surface area (Å²) >= 11 is 0. The minimum atomic E-state index is -0.790. The van der Waals surface area contributed by atoms with Gasteiger partial charge in [-0.05, 0) is 83.5 Å². The average molecular weight is 867 g/mol. The maximum atomic E-state index is 12.8. The summed E-state index contributed by atoms with van der Waals surface area (Å²) in [6.45, 7) is 6.49. The summed E-state index contributed by atoms with van der Waals surface area (Å²) < 4.78 is 16.8. The van der Waals surface area contributed by atoms with Crippen molar-refractivity contribution in [2.45, 2.75) is 264 Å². The molecule has 0 unspecified atom stereocenters. The number of rotatable bonds is 47. The number of hydrogen-bond donors (Lipinski definition) is 0. The Kier molecular flexibility index (Phi) is 48.4. The van der Waals surface area contributed by atoms with Gasteiger partial charge in [0.05, 0.1) is 0 Å². The molecule has 6 nitrogen and oxygen atoms in total. The lowest BCUT2D eigenvalue weighted by molar-refractivity contribution is -0.167. The third-order valence-electron chi connectivity index (χ3n) is 11.3. The van der Waals surface area contributed by atoms with Gasteiger partial charge in [0.25, 0.3) is 0 Å². The van der Waals surface area contributed by atoms with Crippen LogP contribution in [0.25, 0.3) is 0 Å². The van der Waals surface area contributed by atoms with E-state index in [1.807, 2.05) is 0 Å². The van der Waals surface area contributed by atoms with E-state index < -0.39 is 6.10 Å². The highest BCUT2D eigenvalue weighted by atomic mass is 16.6. The Labute approximate surface area is 383 Å². The van der Waals surface area contributed by atoms with Crippen molar-refractivity contribution in [3.63, 3.8) is 0 Å². The second-order valence-electron chi connectivity index (χ2n) is 17.4. The van der Waals surface area contributed by atoms with Crippen LogP contribution in [-0.4, -0.2) is 37.2 Å². The minimum absolute atomic E-state index is 0.0871. The van der Waals surface area contributed by atoms with Crippen molar-refractivity contribution < 1.29 is 28.6 Å². The molecule has 0 heterocycles. The number of hydrogen-bond acceptors (Lipinski definition) is 6. The Balaban J connectivity index is 4.43. The van der Waals surface area contributed by atoms with Gasteiger partial charge in [-0.2, -0.15) is 0 Å². The molecule has 0 amide bonds. The van der Waals surface area contributed by atoms with E-state index in [2.05, 4.69) is 81.5 Å². The second kappa shape index (κ2) is 50.8. The third-order valence-corrected chi connectivity index (χ3v) is 11.3. The molecule has 0 saturated carbocycles. The highest BCUT2D eigenvalue weighted by molar-refractivity contribution is 5.71. The summed E-state index contributed by atoms with van der Waals surface area (Å²) in [4.78, 5) is 38.0. The fourth-order valence-corrected chi connectivity index (χ4v) is 7.31. The van der Waals surface area contributed by atoms with Crippen molar-refractivity contribution in [1.82, 2.24) is 0 Å². The summed E-state index contributed by atoms with van der Waals surface area (Å²) in [5.74, 6) is -0.929. The summed E-state index contributed by atoms with van der Waals surface area (Å²) in [7, 11) is 0. The van der Waals surface area contributed by atoms with Crippen molar-refractivity contribution in [2.24, 2.45) is 0 Å².